The number of alkyl halides is 1. The van der Waals surface area contributed by atoms with Crippen molar-refractivity contribution in [3.63, 3.8) is 0 Å². The first-order valence-corrected chi connectivity index (χ1v) is 7.95. The van der Waals surface area contributed by atoms with Crippen molar-refractivity contribution in [1.82, 2.24) is 0 Å². The summed E-state index contributed by atoms with van der Waals surface area (Å²) in [6.45, 7) is 7.56. The van der Waals surface area contributed by atoms with Crippen LogP contribution in [0.15, 0.2) is 23.8 Å². The number of carbonyl (C=O) groups excluding carboxylic acids is 1. The van der Waals surface area contributed by atoms with E-state index in [0.29, 0.717) is 17.9 Å². The number of ether oxygens (including phenoxy) is 2. The Hall–Kier alpha value is -1.48. The van der Waals surface area contributed by atoms with Crippen LogP contribution in [0.5, 0.6) is 5.75 Å². The number of aryl methyl sites for hydroxylation is 1. The van der Waals surface area contributed by atoms with Crippen molar-refractivity contribution in [3.8, 4) is 5.75 Å². The van der Waals surface area contributed by atoms with Crippen LogP contribution in [0.3, 0.4) is 0 Å². The van der Waals surface area contributed by atoms with Crippen molar-refractivity contribution in [1.29, 1.82) is 0 Å². The maximum absolute atomic E-state index is 12.3. The third-order valence-electron chi connectivity index (χ3n) is 3.01. The summed E-state index contributed by atoms with van der Waals surface area (Å²) in [6.07, 6.45) is 3.17. The van der Waals surface area contributed by atoms with Crippen molar-refractivity contribution in [2.45, 2.75) is 46.1 Å². The standard InChI is InChI=1S/C18H25ClO3/c1-13-8-9-14(12-16(13)21-5)11-15(7-6-10-19)17(20)22-18(2,3)4/h8-9,11-12H,6-7,10H2,1-5H3/b15-11+. The lowest BCUT2D eigenvalue weighted by molar-refractivity contribution is -0.149. The second kappa shape index (κ2) is 8.23. The van der Waals surface area contributed by atoms with Crippen LogP contribution in [0.25, 0.3) is 6.08 Å². The zero-order valence-electron chi connectivity index (χ0n) is 14.0. The highest BCUT2D eigenvalue weighted by molar-refractivity contribution is 6.17. The molecule has 0 aromatic heterocycles. The molecule has 0 amide bonds. The molecule has 1 rings (SSSR count). The molecular weight excluding hydrogens is 300 g/mol. The molecular formula is C18H25ClO3. The molecule has 0 radical (unpaired) electrons. The second-order valence-corrected chi connectivity index (χ2v) is 6.57. The van der Waals surface area contributed by atoms with E-state index in [4.69, 9.17) is 21.1 Å². The van der Waals surface area contributed by atoms with Gasteiger partial charge >= 0.3 is 5.97 Å². The van der Waals surface area contributed by atoms with Crippen LogP contribution in [0, 0.1) is 6.92 Å². The first kappa shape index (κ1) is 18.6. The Morgan fingerprint density at radius 3 is 2.55 bits per heavy atom. The van der Waals surface area contributed by atoms with Gasteiger partial charge in [0.05, 0.1) is 7.11 Å². The quantitative estimate of drug-likeness (QED) is 0.430. The van der Waals surface area contributed by atoms with Crippen LogP contribution in [0.2, 0.25) is 0 Å². The molecule has 0 spiro atoms. The molecule has 122 valence electrons. The topological polar surface area (TPSA) is 35.5 Å². The average Bonchev–Trinajstić information content (AvgIpc) is 2.43. The fourth-order valence-corrected chi connectivity index (χ4v) is 2.10. The minimum absolute atomic E-state index is 0.294. The second-order valence-electron chi connectivity index (χ2n) is 6.19. The smallest absolute Gasteiger partial charge is 0.334 e. The summed E-state index contributed by atoms with van der Waals surface area (Å²) in [5, 5.41) is 0. The third kappa shape index (κ3) is 6.10. The molecule has 0 saturated carbocycles. The van der Waals surface area contributed by atoms with Crippen LogP contribution in [0.1, 0.15) is 44.7 Å². The van der Waals surface area contributed by atoms with E-state index in [-0.39, 0.29) is 5.97 Å². The van der Waals surface area contributed by atoms with Gasteiger partial charge in [0, 0.05) is 11.5 Å². The number of halogens is 1. The zero-order valence-corrected chi connectivity index (χ0v) is 14.8. The summed E-state index contributed by atoms with van der Waals surface area (Å²) < 4.78 is 10.8. The number of carbonyl (C=O) groups is 1. The van der Waals surface area contributed by atoms with E-state index in [0.717, 1.165) is 23.3 Å². The van der Waals surface area contributed by atoms with Crippen molar-refractivity contribution >= 4 is 23.6 Å². The Labute approximate surface area is 138 Å². The summed E-state index contributed by atoms with van der Waals surface area (Å²) in [4.78, 5) is 12.3. The molecule has 0 aliphatic carbocycles. The van der Waals surface area contributed by atoms with Gasteiger partial charge in [-0.3, -0.25) is 0 Å². The Morgan fingerprint density at radius 2 is 2.00 bits per heavy atom. The predicted octanol–water partition coefficient (Wildman–Crippen LogP) is 4.75. The molecule has 1 aromatic rings. The molecule has 0 saturated heterocycles. The number of benzene rings is 1. The lowest BCUT2D eigenvalue weighted by Crippen LogP contribution is -2.25. The summed E-state index contributed by atoms with van der Waals surface area (Å²) in [7, 11) is 1.64. The highest BCUT2D eigenvalue weighted by Crippen LogP contribution is 2.23. The number of rotatable bonds is 6. The maximum Gasteiger partial charge on any atom is 0.334 e. The fraction of sp³-hybridized carbons (Fsp3) is 0.500. The van der Waals surface area contributed by atoms with E-state index in [1.165, 1.54) is 0 Å². The predicted molar refractivity (Wildman–Crippen MR) is 91.5 cm³/mol. The molecule has 22 heavy (non-hydrogen) atoms. The van der Waals surface area contributed by atoms with Gasteiger partial charge in [-0.15, -0.1) is 11.6 Å². The summed E-state index contributed by atoms with van der Waals surface area (Å²) in [5.41, 5.74) is 2.08. The van der Waals surface area contributed by atoms with Crippen LogP contribution < -0.4 is 4.74 Å². The Kier molecular flexibility index (Phi) is 6.95. The molecule has 0 bridgehead atoms. The van der Waals surface area contributed by atoms with Gasteiger partial charge in [-0.25, -0.2) is 4.79 Å². The highest BCUT2D eigenvalue weighted by atomic mass is 35.5. The lowest BCUT2D eigenvalue weighted by atomic mass is 10.0. The van der Waals surface area contributed by atoms with Crippen molar-refractivity contribution in [3.05, 3.63) is 34.9 Å². The van der Waals surface area contributed by atoms with Gasteiger partial charge in [0.1, 0.15) is 11.4 Å². The zero-order chi connectivity index (χ0) is 16.8. The van der Waals surface area contributed by atoms with Crippen LogP contribution in [0.4, 0.5) is 0 Å². The fourth-order valence-electron chi connectivity index (χ4n) is 1.96. The number of hydrogen-bond acceptors (Lipinski definition) is 3. The Bertz CT molecular complexity index is 542. The average molecular weight is 325 g/mol. The minimum Gasteiger partial charge on any atom is -0.496 e. The first-order valence-electron chi connectivity index (χ1n) is 7.41. The van der Waals surface area contributed by atoms with Gasteiger partial charge in [0.25, 0.3) is 0 Å². The highest BCUT2D eigenvalue weighted by Gasteiger charge is 2.19. The number of hydrogen-bond donors (Lipinski definition) is 0. The first-order chi connectivity index (χ1) is 10.3. The van der Waals surface area contributed by atoms with Crippen molar-refractivity contribution in [2.75, 3.05) is 13.0 Å². The molecule has 0 fully saturated rings. The summed E-state index contributed by atoms with van der Waals surface area (Å²) >= 11 is 5.76. The van der Waals surface area contributed by atoms with E-state index in [1.807, 2.05) is 52.0 Å². The molecule has 0 unspecified atom stereocenters. The number of methoxy groups -OCH3 is 1. The van der Waals surface area contributed by atoms with Crippen molar-refractivity contribution < 1.29 is 14.3 Å². The minimum atomic E-state index is -0.512. The molecule has 0 N–H and O–H groups in total. The lowest BCUT2D eigenvalue weighted by Gasteiger charge is -2.20. The van der Waals surface area contributed by atoms with E-state index in [9.17, 15) is 4.79 Å². The maximum atomic E-state index is 12.3. The molecule has 0 heterocycles. The van der Waals surface area contributed by atoms with E-state index >= 15 is 0 Å². The van der Waals surface area contributed by atoms with Crippen LogP contribution in [-0.4, -0.2) is 24.6 Å². The normalized spacial score (nSPS) is 12.2. The summed E-state index contributed by atoms with van der Waals surface area (Å²) in [6, 6.07) is 5.85. The van der Waals surface area contributed by atoms with Gasteiger partial charge in [-0.05, 0) is 63.8 Å². The van der Waals surface area contributed by atoms with Crippen LogP contribution in [-0.2, 0) is 9.53 Å². The van der Waals surface area contributed by atoms with E-state index in [1.54, 1.807) is 7.11 Å². The van der Waals surface area contributed by atoms with Gasteiger partial charge in [-0.2, -0.15) is 0 Å². The summed E-state index contributed by atoms with van der Waals surface area (Å²) in [5.74, 6) is 1.02. The largest absolute Gasteiger partial charge is 0.496 e. The molecule has 1 aromatic carbocycles. The van der Waals surface area contributed by atoms with Gasteiger partial charge < -0.3 is 9.47 Å². The molecule has 0 atom stereocenters. The van der Waals surface area contributed by atoms with Crippen LogP contribution >= 0.6 is 11.6 Å². The van der Waals surface area contributed by atoms with E-state index in [2.05, 4.69) is 0 Å². The SMILES string of the molecule is COc1cc(/C=C(\CCCCl)C(=O)OC(C)(C)C)ccc1C. The number of esters is 1. The van der Waals surface area contributed by atoms with Gasteiger partial charge in [-0.1, -0.05) is 12.1 Å². The monoisotopic (exact) mass is 324 g/mol. The molecule has 0 aliphatic heterocycles. The molecule has 3 nitrogen and oxygen atoms in total. The van der Waals surface area contributed by atoms with E-state index < -0.39 is 5.60 Å². The van der Waals surface area contributed by atoms with Gasteiger partial charge in [0.2, 0.25) is 0 Å². The van der Waals surface area contributed by atoms with Gasteiger partial charge in [0.15, 0.2) is 0 Å². The third-order valence-corrected chi connectivity index (χ3v) is 3.28. The Balaban J connectivity index is 3.07. The molecule has 0 aliphatic rings. The molecule has 4 heteroatoms. The Morgan fingerprint density at radius 1 is 1.32 bits per heavy atom. The van der Waals surface area contributed by atoms with Crippen molar-refractivity contribution in [2.24, 2.45) is 0 Å².